The molecule has 5 atom stereocenters. The fraction of sp³-hybridized carbons (Fsp3) is 0.567. The molecule has 196 valence electrons. The van der Waals surface area contributed by atoms with Gasteiger partial charge in [-0.2, -0.15) is 0 Å². The summed E-state index contributed by atoms with van der Waals surface area (Å²) in [6.07, 6.45) is 4.05. The highest BCUT2D eigenvalue weighted by Gasteiger charge is 2.42. The van der Waals surface area contributed by atoms with Crippen LogP contribution in [0.3, 0.4) is 0 Å². The molecule has 2 N–H and O–H groups in total. The van der Waals surface area contributed by atoms with E-state index in [4.69, 9.17) is 4.74 Å². The highest BCUT2D eigenvalue weighted by molar-refractivity contribution is 5.88. The Bertz CT molecular complexity index is 1120. The molecule has 0 fully saturated rings. The first-order chi connectivity index (χ1) is 16.9. The molecule has 1 aliphatic heterocycles. The summed E-state index contributed by atoms with van der Waals surface area (Å²) in [7, 11) is 0. The number of benzene rings is 1. The van der Waals surface area contributed by atoms with E-state index in [0.717, 1.165) is 41.3 Å². The van der Waals surface area contributed by atoms with Crippen molar-refractivity contribution in [3.05, 3.63) is 53.2 Å². The first-order valence-corrected chi connectivity index (χ1v) is 13.0. The molecule has 0 bridgehead atoms. The molecule has 1 aliphatic rings. The number of ether oxygens (including phenoxy) is 1. The summed E-state index contributed by atoms with van der Waals surface area (Å²) < 4.78 is 5.90. The van der Waals surface area contributed by atoms with Crippen LogP contribution < -0.4 is 0 Å². The lowest BCUT2D eigenvalue weighted by molar-refractivity contribution is -0.155. The molecule has 0 amide bonds. The summed E-state index contributed by atoms with van der Waals surface area (Å²) >= 11 is 0. The highest BCUT2D eigenvalue weighted by atomic mass is 16.5. The number of pyridine rings is 1. The molecule has 3 rings (SSSR count). The third kappa shape index (κ3) is 6.40. The molecule has 6 heteroatoms. The van der Waals surface area contributed by atoms with Crippen molar-refractivity contribution in [1.29, 1.82) is 0 Å². The third-order valence-electron chi connectivity index (χ3n) is 7.88. The van der Waals surface area contributed by atoms with Gasteiger partial charge in [0.1, 0.15) is 11.9 Å². The van der Waals surface area contributed by atoms with Crippen molar-refractivity contribution >= 4 is 22.7 Å². The van der Waals surface area contributed by atoms with Gasteiger partial charge in [0, 0.05) is 23.9 Å². The maximum Gasteiger partial charge on any atom is 0.309 e. The number of esters is 1. The normalized spacial score (nSPS) is 29.0. The number of hydrogen-bond donors (Lipinski definition) is 2. The minimum absolute atomic E-state index is 0.0520. The Morgan fingerprint density at radius 2 is 1.81 bits per heavy atom. The largest absolute Gasteiger partial charge is 0.457 e. The van der Waals surface area contributed by atoms with E-state index in [2.05, 4.69) is 18.0 Å². The lowest BCUT2D eigenvalue weighted by atomic mass is 9.73. The summed E-state index contributed by atoms with van der Waals surface area (Å²) in [5, 5.41) is 22.8. The number of carbonyl (C=O) groups is 2. The smallest absolute Gasteiger partial charge is 0.309 e. The molecule has 0 saturated heterocycles. The molecular weight excluding hydrogens is 454 g/mol. The summed E-state index contributed by atoms with van der Waals surface area (Å²) in [5.41, 5.74) is 2.79. The van der Waals surface area contributed by atoms with E-state index >= 15 is 0 Å². The number of aliphatic hydroxyl groups is 2. The van der Waals surface area contributed by atoms with Crippen molar-refractivity contribution in [3.63, 3.8) is 0 Å². The Labute approximate surface area is 214 Å². The second-order valence-corrected chi connectivity index (χ2v) is 11.1. The Morgan fingerprint density at radius 3 is 2.53 bits per heavy atom. The Hall–Kier alpha value is -2.57. The first-order valence-electron chi connectivity index (χ1n) is 13.0. The van der Waals surface area contributed by atoms with E-state index in [1.54, 1.807) is 27.0 Å². The van der Waals surface area contributed by atoms with Crippen LogP contribution in [-0.2, 0) is 14.3 Å². The second-order valence-electron chi connectivity index (χ2n) is 11.1. The van der Waals surface area contributed by atoms with Gasteiger partial charge in [0.25, 0.3) is 0 Å². The predicted octanol–water partition coefficient (Wildman–Crippen LogP) is 5.63. The van der Waals surface area contributed by atoms with Crippen LogP contribution in [0.25, 0.3) is 10.9 Å². The van der Waals surface area contributed by atoms with Gasteiger partial charge in [0.05, 0.1) is 29.6 Å². The minimum Gasteiger partial charge on any atom is -0.457 e. The average Bonchev–Trinajstić information content (AvgIpc) is 2.84. The SMILES string of the molecule is CC1=CC[C@@H](c2ccc3c(C)ccnc3c2)OC(=O)CC(O)C(C)(C)C(=O)C(C)[C@@H](O)C(C)CCC1. The number of aryl methyl sites for hydroxylation is 1. The summed E-state index contributed by atoms with van der Waals surface area (Å²) in [6, 6.07) is 7.88. The van der Waals surface area contributed by atoms with Crippen molar-refractivity contribution < 1.29 is 24.5 Å². The molecule has 1 aromatic heterocycles. The number of allylic oxidation sites excluding steroid dienone is 1. The monoisotopic (exact) mass is 495 g/mol. The number of Topliss-reactive ketones (excluding diaryl/α,β-unsaturated/α-hetero) is 1. The van der Waals surface area contributed by atoms with Gasteiger partial charge in [-0.05, 0) is 62.3 Å². The number of aromatic nitrogens is 1. The van der Waals surface area contributed by atoms with E-state index in [0.29, 0.717) is 6.42 Å². The summed E-state index contributed by atoms with van der Waals surface area (Å²) in [5.74, 6) is -1.52. The Morgan fingerprint density at radius 1 is 1.08 bits per heavy atom. The number of hydrogen-bond acceptors (Lipinski definition) is 6. The fourth-order valence-electron chi connectivity index (χ4n) is 5.06. The topological polar surface area (TPSA) is 96.7 Å². The van der Waals surface area contributed by atoms with E-state index in [9.17, 15) is 19.8 Å². The van der Waals surface area contributed by atoms with Crippen LogP contribution in [0.1, 0.15) is 84.0 Å². The van der Waals surface area contributed by atoms with Crippen molar-refractivity contribution in [3.8, 4) is 0 Å². The highest BCUT2D eigenvalue weighted by Crippen LogP contribution is 2.33. The molecule has 3 unspecified atom stereocenters. The number of cyclic esters (lactones) is 1. The van der Waals surface area contributed by atoms with Crippen LogP contribution in [0.4, 0.5) is 0 Å². The van der Waals surface area contributed by atoms with Crippen LogP contribution in [0.5, 0.6) is 0 Å². The molecule has 6 nitrogen and oxygen atoms in total. The average molecular weight is 496 g/mol. The van der Waals surface area contributed by atoms with Crippen LogP contribution in [-0.4, -0.2) is 39.2 Å². The first kappa shape index (κ1) is 28.0. The van der Waals surface area contributed by atoms with Crippen LogP contribution in [0.2, 0.25) is 0 Å². The molecule has 2 aromatic rings. The van der Waals surface area contributed by atoms with E-state index < -0.39 is 35.6 Å². The second kappa shape index (κ2) is 11.7. The van der Waals surface area contributed by atoms with Gasteiger partial charge < -0.3 is 14.9 Å². The maximum absolute atomic E-state index is 13.2. The molecule has 1 aromatic carbocycles. The molecule has 0 spiro atoms. The lowest BCUT2D eigenvalue weighted by Gasteiger charge is -2.34. The number of aliphatic hydroxyl groups excluding tert-OH is 2. The van der Waals surface area contributed by atoms with Crippen molar-refractivity contribution in [2.45, 2.75) is 92.0 Å². The van der Waals surface area contributed by atoms with Crippen LogP contribution in [0.15, 0.2) is 42.1 Å². The molecule has 0 radical (unpaired) electrons. The van der Waals surface area contributed by atoms with E-state index in [1.807, 2.05) is 38.1 Å². The molecule has 2 heterocycles. The van der Waals surface area contributed by atoms with E-state index in [1.165, 1.54) is 5.57 Å². The maximum atomic E-state index is 13.2. The molecule has 0 aliphatic carbocycles. The zero-order valence-corrected chi connectivity index (χ0v) is 22.5. The zero-order valence-electron chi connectivity index (χ0n) is 22.5. The van der Waals surface area contributed by atoms with Crippen molar-refractivity contribution in [2.24, 2.45) is 17.3 Å². The third-order valence-corrected chi connectivity index (χ3v) is 7.88. The zero-order chi connectivity index (χ0) is 26.6. The van der Waals surface area contributed by atoms with Gasteiger partial charge in [-0.25, -0.2) is 0 Å². The Kier molecular flexibility index (Phi) is 9.07. The Balaban J connectivity index is 1.93. The number of ketones is 1. The van der Waals surface area contributed by atoms with Gasteiger partial charge in [-0.1, -0.05) is 51.5 Å². The van der Waals surface area contributed by atoms with Gasteiger partial charge in [0.2, 0.25) is 0 Å². The number of carbonyl (C=O) groups excluding carboxylic acids is 2. The van der Waals surface area contributed by atoms with Gasteiger partial charge in [-0.3, -0.25) is 14.6 Å². The van der Waals surface area contributed by atoms with Crippen LogP contribution >= 0.6 is 0 Å². The number of fused-ring (bicyclic) bond motifs is 1. The molecule has 0 saturated carbocycles. The fourth-order valence-corrected chi connectivity index (χ4v) is 5.06. The van der Waals surface area contributed by atoms with Gasteiger partial charge >= 0.3 is 5.97 Å². The standard InChI is InChI=1S/C30H41NO5/c1-18-8-7-9-20(3)28(34)21(4)29(35)30(5,6)26(32)17-27(33)36-25(13-10-18)22-11-12-23-19(2)14-15-31-24(23)16-22/h10-12,14-16,20-21,25-26,28,32,34H,7-9,13,17H2,1-6H3/t20?,21?,25-,26?,28-/m0/s1. The van der Waals surface area contributed by atoms with Crippen LogP contribution in [0, 0.1) is 24.2 Å². The van der Waals surface area contributed by atoms with Gasteiger partial charge in [-0.15, -0.1) is 0 Å². The quantitative estimate of drug-likeness (QED) is 0.393. The predicted molar refractivity (Wildman–Crippen MR) is 141 cm³/mol. The number of nitrogens with zero attached hydrogens (tertiary/aromatic N) is 1. The lowest BCUT2D eigenvalue weighted by Crippen LogP contribution is -2.45. The minimum atomic E-state index is -1.23. The van der Waals surface area contributed by atoms with Crippen molar-refractivity contribution in [1.82, 2.24) is 4.98 Å². The molecule has 36 heavy (non-hydrogen) atoms. The number of rotatable bonds is 1. The van der Waals surface area contributed by atoms with Gasteiger partial charge in [0.15, 0.2) is 0 Å². The molecular formula is C30H41NO5. The van der Waals surface area contributed by atoms with E-state index in [-0.39, 0.29) is 18.1 Å². The van der Waals surface area contributed by atoms with Crippen molar-refractivity contribution in [2.75, 3.05) is 0 Å². The summed E-state index contributed by atoms with van der Waals surface area (Å²) in [4.78, 5) is 30.7. The summed E-state index contributed by atoms with van der Waals surface area (Å²) in [6.45, 7) is 11.0.